The molecule has 2 aliphatic rings. The summed E-state index contributed by atoms with van der Waals surface area (Å²) in [6.45, 7) is 3.80. The molecule has 0 spiro atoms. The summed E-state index contributed by atoms with van der Waals surface area (Å²) in [7, 11) is 1.56. The third-order valence-corrected chi connectivity index (χ3v) is 8.18. The molecular formula is C29H40FN5O5. The number of carbonyl (C=O) groups excluding carboxylic acids is 3. The predicted octanol–water partition coefficient (Wildman–Crippen LogP) is 2.77. The van der Waals surface area contributed by atoms with Crippen LogP contribution >= 0.6 is 0 Å². The second-order valence-corrected chi connectivity index (χ2v) is 10.9. The molecule has 11 heteroatoms. The van der Waals surface area contributed by atoms with Crippen LogP contribution in [0.25, 0.3) is 0 Å². The topological polar surface area (TPSA) is 131 Å². The van der Waals surface area contributed by atoms with Crippen molar-refractivity contribution >= 4 is 17.7 Å². The van der Waals surface area contributed by atoms with Gasteiger partial charge in [0.1, 0.15) is 17.6 Å². The number of likely N-dealkylation sites (tertiary alicyclic amines) is 1. The number of nitrogens with zero attached hydrogens (tertiary/aromatic N) is 3. The molecule has 218 valence electrons. The van der Waals surface area contributed by atoms with Crippen LogP contribution in [0, 0.1) is 24.6 Å². The highest BCUT2D eigenvalue weighted by atomic mass is 19.1. The minimum atomic E-state index is -0.798. The summed E-state index contributed by atoms with van der Waals surface area (Å²) in [5, 5.41) is 6.97. The first-order valence-corrected chi connectivity index (χ1v) is 14.1. The molecular weight excluding hydrogens is 517 g/mol. The van der Waals surface area contributed by atoms with Crippen molar-refractivity contribution < 1.29 is 28.0 Å². The molecule has 1 aliphatic carbocycles. The Morgan fingerprint density at radius 2 is 1.85 bits per heavy atom. The molecule has 1 unspecified atom stereocenters. The minimum Gasteiger partial charge on any atom is -0.383 e. The van der Waals surface area contributed by atoms with E-state index >= 15 is 0 Å². The van der Waals surface area contributed by atoms with E-state index in [4.69, 9.17) is 15.0 Å². The molecule has 2 fully saturated rings. The van der Waals surface area contributed by atoms with Crippen molar-refractivity contribution in [1.82, 2.24) is 20.3 Å². The first kappa shape index (κ1) is 29.7. The Morgan fingerprint density at radius 1 is 1.15 bits per heavy atom. The van der Waals surface area contributed by atoms with Crippen LogP contribution in [0.5, 0.6) is 0 Å². The zero-order chi connectivity index (χ0) is 28.6. The molecule has 3 N–H and O–H groups in total. The number of hydrogen-bond acceptors (Lipinski definition) is 7. The van der Waals surface area contributed by atoms with E-state index in [1.165, 1.54) is 24.3 Å². The SMILES string of the molecule is COCCN(C(=O)c1cc(C)on1)C1CCN(C(=O)c2ccc(F)cc2)[C@@H](C(=O)NCC2CCC(CN)CC2)C1. The van der Waals surface area contributed by atoms with Gasteiger partial charge in [0.25, 0.3) is 11.8 Å². The normalized spacial score (nSPS) is 23.1. The molecule has 3 amide bonds. The van der Waals surface area contributed by atoms with Crippen molar-refractivity contribution in [3.8, 4) is 0 Å². The van der Waals surface area contributed by atoms with Crippen LogP contribution in [0.15, 0.2) is 34.9 Å². The summed E-state index contributed by atoms with van der Waals surface area (Å²) in [6.07, 6.45) is 4.83. The molecule has 1 aromatic heterocycles. The van der Waals surface area contributed by atoms with Gasteiger partial charge in [-0.15, -0.1) is 0 Å². The third-order valence-electron chi connectivity index (χ3n) is 8.18. The van der Waals surface area contributed by atoms with E-state index in [1.807, 2.05) is 0 Å². The Hall–Kier alpha value is -3.31. The molecule has 1 saturated heterocycles. The number of halogens is 1. The number of nitrogens with two attached hydrogens (primary N) is 1. The molecule has 0 bridgehead atoms. The van der Waals surface area contributed by atoms with Gasteiger partial charge in [-0.2, -0.15) is 0 Å². The number of ether oxygens (including phenoxy) is 1. The summed E-state index contributed by atoms with van der Waals surface area (Å²) < 4.78 is 23.9. The van der Waals surface area contributed by atoms with E-state index in [0.29, 0.717) is 55.8 Å². The highest BCUT2D eigenvalue weighted by Gasteiger charge is 2.40. The number of methoxy groups -OCH3 is 1. The average Bonchev–Trinajstić information content (AvgIpc) is 3.42. The number of piperidine rings is 1. The van der Waals surface area contributed by atoms with Crippen molar-refractivity contribution in [2.24, 2.45) is 17.6 Å². The molecule has 10 nitrogen and oxygen atoms in total. The van der Waals surface area contributed by atoms with Crippen LogP contribution in [0.4, 0.5) is 4.39 Å². The smallest absolute Gasteiger partial charge is 0.276 e. The molecule has 0 radical (unpaired) electrons. The average molecular weight is 558 g/mol. The van der Waals surface area contributed by atoms with Gasteiger partial charge < -0.3 is 30.1 Å². The largest absolute Gasteiger partial charge is 0.383 e. The predicted molar refractivity (Wildman–Crippen MR) is 146 cm³/mol. The number of rotatable bonds is 10. The zero-order valence-corrected chi connectivity index (χ0v) is 23.3. The Morgan fingerprint density at radius 3 is 2.48 bits per heavy atom. The van der Waals surface area contributed by atoms with Gasteiger partial charge in [-0.3, -0.25) is 14.4 Å². The van der Waals surface area contributed by atoms with E-state index in [1.54, 1.807) is 29.9 Å². The van der Waals surface area contributed by atoms with Crippen molar-refractivity contribution in [3.05, 3.63) is 53.2 Å². The molecule has 4 rings (SSSR count). The summed E-state index contributed by atoms with van der Waals surface area (Å²) in [5.74, 6) is 0.0767. The monoisotopic (exact) mass is 557 g/mol. The van der Waals surface area contributed by atoms with Crippen molar-refractivity contribution in [1.29, 1.82) is 0 Å². The first-order chi connectivity index (χ1) is 19.3. The molecule has 1 saturated carbocycles. The van der Waals surface area contributed by atoms with Crippen LogP contribution in [-0.4, -0.2) is 84.7 Å². The number of nitrogens with one attached hydrogen (secondary N) is 1. The Kier molecular flexibility index (Phi) is 10.3. The first-order valence-electron chi connectivity index (χ1n) is 14.1. The second kappa shape index (κ2) is 13.8. The number of benzene rings is 1. The lowest BCUT2D eigenvalue weighted by Crippen LogP contribution is -2.58. The van der Waals surface area contributed by atoms with E-state index in [2.05, 4.69) is 10.5 Å². The van der Waals surface area contributed by atoms with Crippen LogP contribution < -0.4 is 11.1 Å². The molecule has 1 aliphatic heterocycles. The summed E-state index contributed by atoms with van der Waals surface area (Å²) in [6, 6.07) is 5.78. The fourth-order valence-electron chi connectivity index (χ4n) is 5.77. The van der Waals surface area contributed by atoms with Crippen molar-refractivity contribution in [2.75, 3.05) is 39.9 Å². The zero-order valence-electron chi connectivity index (χ0n) is 23.3. The Balaban J connectivity index is 1.52. The molecule has 1 aromatic carbocycles. The maximum atomic E-state index is 13.6. The van der Waals surface area contributed by atoms with Gasteiger partial charge in [0.15, 0.2) is 5.69 Å². The lowest BCUT2D eigenvalue weighted by atomic mass is 9.82. The fourth-order valence-corrected chi connectivity index (χ4v) is 5.77. The lowest BCUT2D eigenvalue weighted by Gasteiger charge is -2.42. The van der Waals surface area contributed by atoms with Crippen LogP contribution in [0.1, 0.15) is 65.1 Å². The van der Waals surface area contributed by atoms with Gasteiger partial charge in [-0.1, -0.05) is 5.16 Å². The third kappa shape index (κ3) is 7.25. The number of aryl methyl sites for hydroxylation is 1. The maximum absolute atomic E-state index is 13.6. The van der Waals surface area contributed by atoms with E-state index in [9.17, 15) is 18.8 Å². The van der Waals surface area contributed by atoms with Crippen LogP contribution in [0.3, 0.4) is 0 Å². The number of hydrogen-bond donors (Lipinski definition) is 2. The van der Waals surface area contributed by atoms with Crippen LogP contribution in [-0.2, 0) is 9.53 Å². The van der Waals surface area contributed by atoms with E-state index in [0.717, 1.165) is 25.7 Å². The Bertz CT molecular complexity index is 1150. The van der Waals surface area contributed by atoms with Crippen molar-refractivity contribution in [3.63, 3.8) is 0 Å². The number of amides is 3. The molecule has 2 aromatic rings. The lowest BCUT2D eigenvalue weighted by molar-refractivity contribution is -0.127. The number of aromatic nitrogens is 1. The summed E-state index contributed by atoms with van der Waals surface area (Å²) >= 11 is 0. The van der Waals surface area contributed by atoms with Gasteiger partial charge in [-0.25, -0.2) is 4.39 Å². The highest BCUT2D eigenvalue weighted by Crippen LogP contribution is 2.29. The summed E-state index contributed by atoms with van der Waals surface area (Å²) in [4.78, 5) is 43.8. The van der Waals surface area contributed by atoms with Gasteiger partial charge in [0.05, 0.1) is 6.61 Å². The van der Waals surface area contributed by atoms with Gasteiger partial charge in [-0.05, 0) is 88.1 Å². The summed E-state index contributed by atoms with van der Waals surface area (Å²) in [5.41, 5.74) is 6.32. The fraction of sp³-hybridized carbons (Fsp3) is 0.586. The van der Waals surface area contributed by atoms with E-state index < -0.39 is 11.9 Å². The molecule has 2 heterocycles. The van der Waals surface area contributed by atoms with Crippen LogP contribution in [0.2, 0.25) is 0 Å². The standard InChI is InChI=1S/C29H40FN5O5/c1-19-15-25(33-40-19)29(38)34(13-14-39-2)24-11-12-35(28(37)22-7-9-23(30)10-8-22)26(16-24)27(36)32-18-21-5-3-20(17-31)4-6-21/h7-10,15,20-21,24,26H,3-6,11-14,16-18,31H2,1-2H3,(H,32,36)/t20?,21?,24?,26-/m1/s1. The molecule has 2 atom stereocenters. The second-order valence-electron chi connectivity index (χ2n) is 10.9. The van der Waals surface area contributed by atoms with Gasteiger partial charge in [0, 0.05) is 44.4 Å². The van der Waals surface area contributed by atoms with Gasteiger partial charge in [0.2, 0.25) is 5.91 Å². The minimum absolute atomic E-state index is 0.188. The quantitative estimate of drug-likeness (QED) is 0.459. The van der Waals surface area contributed by atoms with Gasteiger partial charge >= 0.3 is 0 Å². The highest BCUT2D eigenvalue weighted by molar-refractivity contribution is 5.98. The number of carbonyl (C=O) groups is 3. The molecule has 40 heavy (non-hydrogen) atoms. The maximum Gasteiger partial charge on any atom is 0.276 e. The van der Waals surface area contributed by atoms with E-state index in [-0.39, 0.29) is 42.4 Å². The van der Waals surface area contributed by atoms with Crippen molar-refractivity contribution in [2.45, 2.75) is 57.5 Å². The Labute approximate surface area is 234 Å².